The molecule has 0 aliphatic rings. The van der Waals surface area contributed by atoms with Crippen LogP contribution in [0.3, 0.4) is 0 Å². The standard InChI is InChI=1S/C10H7N3O3/c11-4-6-9(13-16-10(6)12)5-1-2-7(14)8(15)3-5/h1-3,14-15H,12H2. The maximum atomic E-state index is 9.31. The predicted octanol–water partition coefficient (Wildman–Crippen LogP) is 1.21. The summed E-state index contributed by atoms with van der Waals surface area (Å²) in [6, 6.07) is 5.90. The third kappa shape index (κ3) is 1.40. The Labute approximate surface area is 90.1 Å². The molecule has 1 aromatic heterocycles. The van der Waals surface area contributed by atoms with Crippen LogP contribution in [0.1, 0.15) is 5.56 Å². The molecule has 0 spiro atoms. The van der Waals surface area contributed by atoms with Crippen LogP contribution in [0.4, 0.5) is 5.88 Å². The maximum Gasteiger partial charge on any atom is 0.240 e. The van der Waals surface area contributed by atoms with Crippen LogP contribution in [-0.4, -0.2) is 15.4 Å². The largest absolute Gasteiger partial charge is 0.504 e. The Bertz CT molecular complexity index is 583. The van der Waals surface area contributed by atoms with Gasteiger partial charge in [0.1, 0.15) is 17.3 Å². The van der Waals surface area contributed by atoms with Crippen molar-refractivity contribution >= 4 is 5.88 Å². The van der Waals surface area contributed by atoms with Crippen LogP contribution in [0.25, 0.3) is 11.3 Å². The highest BCUT2D eigenvalue weighted by atomic mass is 16.5. The summed E-state index contributed by atoms with van der Waals surface area (Å²) in [5, 5.41) is 30.9. The van der Waals surface area contributed by atoms with E-state index in [2.05, 4.69) is 9.68 Å². The van der Waals surface area contributed by atoms with Crippen molar-refractivity contribution in [2.24, 2.45) is 0 Å². The number of phenols is 2. The Morgan fingerprint density at radius 2 is 2.06 bits per heavy atom. The smallest absolute Gasteiger partial charge is 0.240 e. The SMILES string of the molecule is N#Cc1c(-c2ccc(O)c(O)c2)noc1N. The molecule has 0 saturated carbocycles. The highest BCUT2D eigenvalue weighted by Gasteiger charge is 2.16. The van der Waals surface area contributed by atoms with Gasteiger partial charge in [-0.3, -0.25) is 0 Å². The van der Waals surface area contributed by atoms with E-state index in [9.17, 15) is 5.11 Å². The van der Waals surface area contributed by atoms with Gasteiger partial charge in [-0.05, 0) is 18.2 Å². The van der Waals surface area contributed by atoms with Crippen molar-refractivity contribution in [2.75, 3.05) is 5.73 Å². The Hall–Kier alpha value is -2.68. The first-order valence-corrected chi connectivity index (χ1v) is 4.31. The summed E-state index contributed by atoms with van der Waals surface area (Å²) in [7, 11) is 0. The van der Waals surface area contributed by atoms with E-state index < -0.39 is 0 Å². The van der Waals surface area contributed by atoms with E-state index in [1.54, 1.807) is 0 Å². The fourth-order valence-corrected chi connectivity index (χ4v) is 1.28. The summed E-state index contributed by atoms with van der Waals surface area (Å²) in [5.74, 6) is -0.633. The van der Waals surface area contributed by atoms with Gasteiger partial charge in [-0.15, -0.1) is 0 Å². The van der Waals surface area contributed by atoms with E-state index in [1.165, 1.54) is 18.2 Å². The lowest BCUT2D eigenvalue weighted by Gasteiger charge is -1.99. The number of nitrogens with two attached hydrogens (primary N) is 1. The van der Waals surface area contributed by atoms with Gasteiger partial charge >= 0.3 is 0 Å². The third-order valence-electron chi connectivity index (χ3n) is 2.08. The zero-order chi connectivity index (χ0) is 11.7. The topological polar surface area (TPSA) is 116 Å². The fraction of sp³-hybridized carbons (Fsp3) is 0. The van der Waals surface area contributed by atoms with Crippen molar-refractivity contribution in [3.8, 4) is 28.8 Å². The van der Waals surface area contributed by atoms with Gasteiger partial charge in [-0.2, -0.15) is 5.26 Å². The Morgan fingerprint density at radius 3 is 2.69 bits per heavy atom. The minimum Gasteiger partial charge on any atom is -0.504 e. The lowest BCUT2D eigenvalue weighted by Crippen LogP contribution is -1.86. The monoisotopic (exact) mass is 217 g/mol. The van der Waals surface area contributed by atoms with Crippen LogP contribution in [0.15, 0.2) is 22.7 Å². The molecule has 80 valence electrons. The van der Waals surface area contributed by atoms with Crippen LogP contribution < -0.4 is 5.73 Å². The average molecular weight is 217 g/mol. The predicted molar refractivity (Wildman–Crippen MR) is 54.4 cm³/mol. The highest BCUT2D eigenvalue weighted by Crippen LogP contribution is 2.32. The van der Waals surface area contributed by atoms with Gasteiger partial charge < -0.3 is 20.5 Å². The van der Waals surface area contributed by atoms with Crippen LogP contribution >= 0.6 is 0 Å². The lowest BCUT2D eigenvalue weighted by atomic mass is 10.1. The lowest BCUT2D eigenvalue weighted by molar-refractivity contribution is 0.404. The average Bonchev–Trinajstić information content (AvgIpc) is 2.63. The normalized spacial score (nSPS) is 9.94. The highest BCUT2D eigenvalue weighted by molar-refractivity contribution is 5.72. The van der Waals surface area contributed by atoms with Gasteiger partial charge in [0.25, 0.3) is 0 Å². The molecule has 6 heteroatoms. The number of rotatable bonds is 1. The van der Waals surface area contributed by atoms with Crippen molar-refractivity contribution < 1.29 is 14.7 Å². The maximum absolute atomic E-state index is 9.31. The first kappa shape index (κ1) is 9.86. The molecule has 6 nitrogen and oxygen atoms in total. The number of hydrogen-bond donors (Lipinski definition) is 3. The van der Waals surface area contributed by atoms with Gasteiger partial charge in [0.05, 0.1) is 0 Å². The zero-order valence-corrected chi connectivity index (χ0v) is 8.01. The molecule has 0 atom stereocenters. The Morgan fingerprint density at radius 1 is 1.31 bits per heavy atom. The van der Waals surface area contributed by atoms with E-state index in [-0.39, 0.29) is 28.6 Å². The molecule has 4 N–H and O–H groups in total. The number of benzene rings is 1. The van der Waals surface area contributed by atoms with Crippen LogP contribution in [0.2, 0.25) is 0 Å². The molecule has 0 aliphatic heterocycles. The van der Waals surface area contributed by atoms with Gasteiger partial charge in [0.15, 0.2) is 11.5 Å². The minimum absolute atomic E-state index is 0.0786. The number of aromatic hydroxyl groups is 2. The summed E-state index contributed by atoms with van der Waals surface area (Å²) in [4.78, 5) is 0. The van der Waals surface area contributed by atoms with E-state index in [0.717, 1.165) is 0 Å². The van der Waals surface area contributed by atoms with Crippen molar-refractivity contribution in [1.82, 2.24) is 5.16 Å². The van der Waals surface area contributed by atoms with Gasteiger partial charge in [-0.25, -0.2) is 0 Å². The molecule has 0 amide bonds. The number of nitrogen functional groups attached to an aromatic ring is 1. The molecule has 0 saturated heterocycles. The number of nitriles is 1. The summed E-state index contributed by atoms with van der Waals surface area (Å²) in [6.45, 7) is 0. The van der Waals surface area contributed by atoms with Gasteiger partial charge in [-0.1, -0.05) is 5.16 Å². The molecule has 2 aromatic rings. The van der Waals surface area contributed by atoms with Crippen LogP contribution in [-0.2, 0) is 0 Å². The molecular formula is C10H7N3O3. The quantitative estimate of drug-likeness (QED) is 0.618. The Kier molecular flexibility index (Phi) is 2.14. The second kappa shape index (κ2) is 3.47. The summed E-state index contributed by atoms with van der Waals surface area (Å²) >= 11 is 0. The number of nitrogens with zero attached hydrogens (tertiary/aromatic N) is 2. The van der Waals surface area contributed by atoms with Crippen LogP contribution in [0, 0.1) is 11.3 Å². The second-order valence-corrected chi connectivity index (χ2v) is 3.09. The van der Waals surface area contributed by atoms with Crippen molar-refractivity contribution in [3.63, 3.8) is 0 Å². The van der Waals surface area contributed by atoms with Crippen LogP contribution in [0.5, 0.6) is 11.5 Å². The van der Waals surface area contributed by atoms with Crippen molar-refractivity contribution in [2.45, 2.75) is 0 Å². The molecule has 0 bridgehead atoms. The molecule has 16 heavy (non-hydrogen) atoms. The number of hydrogen-bond acceptors (Lipinski definition) is 6. The van der Waals surface area contributed by atoms with Crippen molar-refractivity contribution in [1.29, 1.82) is 5.26 Å². The fourth-order valence-electron chi connectivity index (χ4n) is 1.28. The summed E-state index contributed by atoms with van der Waals surface area (Å²) in [6.07, 6.45) is 0. The second-order valence-electron chi connectivity index (χ2n) is 3.09. The molecule has 2 rings (SSSR count). The van der Waals surface area contributed by atoms with Gasteiger partial charge in [0.2, 0.25) is 5.88 Å². The van der Waals surface area contributed by atoms with E-state index >= 15 is 0 Å². The molecule has 0 radical (unpaired) electrons. The molecule has 1 aromatic carbocycles. The molecule has 0 unspecified atom stereocenters. The van der Waals surface area contributed by atoms with E-state index in [1.807, 2.05) is 6.07 Å². The van der Waals surface area contributed by atoms with Gasteiger partial charge in [0, 0.05) is 5.56 Å². The van der Waals surface area contributed by atoms with E-state index in [4.69, 9.17) is 16.1 Å². The minimum atomic E-state index is -0.303. The van der Waals surface area contributed by atoms with Crippen molar-refractivity contribution in [3.05, 3.63) is 23.8 Å². The Balaban J connectivity index is 2.60. The number of aromatic nitrogens is 1. The first-order chi connectivity index (χ1) is 7.63. The summed E-state index contributed by atoms with van der Waals surface area (Å²) in [5.41, 5.74) is 6.16. The first-order valence-electron chi connectivity index (χ1n) is 4.31. The number of phenolic OH excluding ortho intramolecular Hbond substituents is 2. The molecule has 0 fully saturated rings. The molecule has 1 heterocycles. The zero-order valence-electron chi connectivity index (χ0n) is 8.01. The third-order valence-corrected chi connectivity index (χ3v) is 2.08. The number of anilines is 1. The molecular weight excluding hydrogens is 210 g/mol. The summed E-state index contributed by atoms with van der Waals surface area (Å²) < 4.78 is 4.67. The molecule has 0 aliphatic carbocycles. The van der Waals surface area contributed by atoms with E-state index in [0.29, 0.717) is 5.56 Å².